The summed E-state index contributed by atoms with van der Waals surface area (Å²) >= 11 is 0. The highest BCUT2D eigenvalue weighted by molar-refractivity contribution is 5.69. The topological polar surface area (TPSA) is 52.3 Å². The first-order valence-corrected chi connectivity index (χ1v) is 5.60. The molecule has 1 atom stereocenters. The van der Waals surface area contributed by atoms with Crippen LogP contribution < -0.4 is 5.73 Å². The van der Waals surface area contributed by atoms with Gasteiger partial charge in [-0.1, -0.05) is 6.07 Å². The molecule has 94 valence electrons. The number of hydrogen-bond donors (Lipinski definition) is 1. The molecular weight excluding hydrogens is 221 g/mol. The first kappa shape index (κ1) is 13.6. The van der Waals surface area contributed by atoms with E-state index in [1.807, 2.05) is 6.92 Å². The van der Waals surface area contributed by atoms with E-state index in [0.717, 1.165) is 11.1 Å². The fourth-order valence-electron chi connectivity index (χ4n) is 1.65. The van der Waals surface area contributed by atoms with Crippen molar-refractivity contribution in [1.82, 2.24) is 0 Å². The average Bonchev–Trinajstić information content (AvgIpc) is 2.30. The van der Waals surface area contributed by atoms with Gasteiger partial charge in [-0.15, -0.1) is 0 Å². The molecule has 0 saturated carbocycles. The van der Waals surface area contributed by atoms with Gasteiger partial charge in [-0.2, -0.15) is 0 Å². The lowest BCUT2D eigenvalue weighted by Crippen LogP contribution is -2.24. The van der Waals surface area contributed by atoms with Crippen LogP contribution in [0.25, 0.3) is 0 Å². The lowest BCUT2D eigenvalue weighted by atomic mass is 9.99. The standard InChI is InChI=1S/C13H18FNO2/c1-9-3-4-11(14)7-10(9)8-12(15)5-6-13(16)17-2/h3-4,7,12H,5-6,8,15H2,1-2H3. The molecule has 1 unspecified atom stereocenters. The molecule has 2 N–H and O–H groups in total. The maximum absolute atomic E-state index is 13.1. The van der Waals surface area contributed by atoms with Crippen LogP contribution in [0.15, 0.2) is 18.2 Å². The first-order chi connectivity index (χ1) is 8.02. The van der Waals surface area contributed by atoms with Crippen molar-refractivity contribution >= 4 is 5.97 Å². The van der Waals surface area contributed by atoms with E-state index in [4.69, 9.17) is 5.73 Å². The van der Waals surface area contributed by atoms with Crippen LogP contribution in [0.2, 0.25) is 0 Å². The van der Waals surface area contributed by atoms with Crippen LogP contribution in [0.3, 0.4) is 0 Å². The summed E-state index contributed by atoms with van der Waals surface area (Å²) in [6, 6.07) is 4.50. The molecule has 0 spiro atoms. The highest BCUT2D eigenvalue weighted by Crippen LogP contribution is 2.13. The van der Waals surface area contributed by atoms with Crippen molar-refractivity contribution in [2.75, 3.05) is 7.11 Å². The van der Waals surface area contributed by atoms with Gasteiger partial charge in [0, 0.05) is 12.5 Å². The van der Waals surface area contributed by atoms with Crippen LogP contribution in [-0.4, -0.2) is 19.1 Å². The zero-order valence-electron chi connectivity index (χ0n) is 10.2. The van der Waals surface area contributed by atoms with E-state index in [2.05, 4.69) is 4.74 Å². The van der Waals surface area contributed by atoms with Crippen molar-refractivity contribution in [3.05, 3.63) is 35.1 Å². The number of methoxy groups -OCH3 is 1. The van der Waals surface area contributed by atoms with E-state index in [1.54, 1.807) is 6.07 Å². The van der Waals surface area contributed by atoms with Crippen LogP contribution in [0.4, 0.5) is 4.39 Å². The van der Waals surface area contributed by atoms with Crippen molar-refractivity contribution in [3.8, 4) is 0 Å². The minimum atomic E-state index is -0.267. The Morgan fingerprint density at radius 2 is 2.24 bits per heavy atom. The van der Waals surface area contributed by atoms with Gasteiger partial charge < -0.3 is 10.5 Å². The number of esters is 1. The number of nitrogens with two attached hydrogens (primary N) is 1. The van der Waals surface area contributed by atoms with Gasteiger partial charge >= 0.3 is 5.97 Å². The molecule has 0 amide bonds. The number of benzene rings is 1. The molecule has 0 aliphatic rings. The van der Waals surface area contributed by atoms with Crippen LogP contribution in [0.1, 0.15) is 24.0 Å². The third-order valence-corrected chi connectivity index (χ3v) is 2.74. The molecule has 1 aromatic rings. The minimum absolute atomic E-state index is 0.158. The molecule has 0 aliphatic heterocycles. The summed E-state index contributed by atoms with van der Waals surface area (Å²) in [5.74, 6) is -0.526. The molecule has 1 aromatic carbocycles. The average molecular weight is 239 g/mol. The van der Waals surface area contributed by atoms with Crippen molar-refractivity contribution in [2.45, 2.75) is 32.2 Å². The Balaban J connectivity index is 2.52. The molecule has 0 heterocycles. The second kappa shape index (κ2) is 6.35. The van der Waals surface area contributed by atoms with E-state index in [9.17, 15) is 9.18 Å². The second-order valence-electron chi connectivity index (χ2n) is 4.15. The quantitative estimate of drug-likeness (QED) is 0.799. The summed E-state index contributed by atoms with van der Waals surface area (Å²) in [6.45, 7) is 1.92. The minimum Gasteiger partial charge on any atom is -0.469 e. The maximum Gasteiger partial charge on any atom is 0.305 e. The Morgan fingerprint density at radius 1 is 1.53 bits per heavy atom. The third kappa shape index (κ3) is 4.53. The summed E-state index contributed by atoms with van der Waals surface area (Å²) in [5.41, 5.74) is 7.80. The molecule has 1 rings (SSSR count). The zero-order valence-corrected chi connectivity index (χ0v) is 10.2. The summed E-state index contributed by atoms with van der Waals surface area (Å²) in [5, 5.41) is 0. The van der Waals surface area contributed by atoms with Crippen LogP contribution in [-0.2, 0) is 16.0 Å². The fourth-order valence-corrected chi connectivity index (χ4v) is 1.65. The molecule has 4 heteroatoms. The molecule has 3 nitrogen and oxygen atoms in total. The van der Waals surface area contributed by atoms with Crippen molar-refractivity contribution < 1.29 is 13.9 Å². The Morgan fingerprint density at radius 3 is 2.88 bits per heavy atom. The number of carbonyl (C=O) groups is 1. The van der Waals surface area contributed by atoms with Gasteiger partial charge in [0.15, 0.2) is 0 Å². The predicted octanol–water partition coefficient (Wildman–Crippen LogP) is 1.96. The van der Waals surface area contributed by atoms with Gasteiger partial charge in [0.1, 0.15) is 5.82 Å². The second-order valence-corrected chi connectivity index (χ2v) is 4.15. The van der Waals surface area contributed by atoms with Gasteiger partial charge in [-0.25, -0.2) is 4.39 Å². The fraction of sp³-hybridized carbons (Fsp3) is 0.462. The Kier molecular flexibility index (Phi) is 5.10. The van der Waals surface area contributed by atoms with E-state index < -0.39 is 0 Å². The highest BCUT2D eigenvalue weighted by Gasteiger charge is 2.10. The number of hydrogen-bond acceptors (Lipinski definition) is 3. The maximum atomic E-state index is 13.1. The Labute approximate surface area is 101 Å². The molecule has 0 saturated heterocycles. The van der Waals surface area contributed by atoms with E-state index in [1.165, 1.54) is 19.2 Å². The number of ether oxygens (including phenoxy) is 1. The normalized spacial score (nSPS) is 12.2. The van der Waals surface area contributed by atoms with E-state index >= 15 is 0 Å². The molecular formula is C13H18FNO2. The summed E-state index contributed by atoms with van der Waals surface area (Å²) in [6.07, 6.45) is 1.41. The molecule has 0 aromatic heterocycles. The highest BCUT2D eigenvalue weighted by atomic mass is 19.1. The SMILES string of the molecule is COC(=O)CCC(N)Cc1cc(F)ccc1C. The van der Waals surface area contributed by atoms with E-state index in [-0.39, 0.29) is 17.8 Å². The Hall–Kier alpha value is -1.42. The summed E-state index contributed by atoms with van der Waals surface area (Å²) < 4.78 is 17.6. The lowest BCUT2D eigenvalue weighted by molar-refractivity contribution is -0.140. The summed E-state index contributed by atoms with van der Waals surface area (Å²) in [4.78, 5) is 11.0. The van der Waals surface area contributed by atoms with Crippen LogP contribution in [0, 0.1) is 12.7 Å². The van der Waals surface area contributed by atoms with Crippen LogP contribution in [0.5, 0.6) is 0 Å². The number of aryl methyl sites for hydroxylation is 1. The number of halogens is 1. The Bertz CT molecular complexity index is 393. The van der Waals surface area contributed by atoms with Gasteiger partial charge in [0.05, 0.1) is 7.11 Å². The predicted molar refractivity (Wildman–Crippen MR) is 64.1 cm³/mol. The largest absolute Gasteiger partial charge is 0.469 e. The van der Waals surface area contributed by atoms with Crippen molar-refractivity contribution in [3.63, 3.8) is 0 Å². The van der Waals surface area contributed by atoms with E-state index in [0.29, 0.717) is 19.3 Å². The van der Waals surface area contributed by atoms with Crippen LogP contribution >= 0.6 is 0 Å². The lowest BCUT2D eigenvalue weighted by Gasteiger charge is -2.12. The monoisotopic (exact) mass is 239 g/mol. The first-order valence-electron chi connectivity index (χ1n) is 5.60. The van der Waals surface area contributed by atoms with Crippen molar-refractivity contribution in [1.29, 1.82) is 0 Å². The third-order valence-electron chi connectivity index (χ3n) is 2.74. The van der Waals surface area contributed by atoms with Gasteiger partial charge in [0.25, 0.3) is 0 Å². The molecule has 0 fully saturated rings. The molecule has 0 radical (unpaired) electrons. The van der Waals surface area contributed by atoms with Crippen molar-refractivity contribution in [2.24, 2.45) is 5.73 Å². The number of carbonyl (C=O) groups excluding carboxylic acids is 1. The van der Waals surface area contributed by atoms with Gasteiger partial charge in [-0.05, 0) is 43.0 Å². The number of rotatable bonds is 5. The zero-order chi connectivity index (χ0) is 12.8. The molecule has 0 aliphatic carbocycles. The smallest absolute Gasteiger partial charge is 0.305 e. The van der Waals surface area contributed by atoms with Gasteiger partial charge in [0.2, 0.25) is 0 Å². The molecule has 17 heavy (non-hydrogen) atoms. The molecule has 0 bridgehead atoms. The summed E-state index contributed by atoms with van der Waals surface area (Å²) in [7, 11) is 1.35. The van der Waals surface area contributed by atoms with Gasteiger partial charge in [-0.3, -0.25) is 4.79 Å².